The molecule has 8 aromatic rings. The molecular weight excluding hydrogens is 840 g/mol. The van der Waals surface area contributed by atoms with Crippen LogP contribution < -0.4 is 21.7 Å². The van der Waals surface area contributed by atoms with Crippen molar-refractivity contribution in [2.24, 2.45) is 16.0 Å². The highest BCUT2D eigenvalue weighted by atomic mass is 35.5. The zero-order valence-corrected chi connectivity index (χ0v) is 34.5. The maximum Gasteiger partial charge on any atom is 0.266 e. The van der Waals surface area contributed by atoms with E-state index in [0.717, 1.165) is 58.9 Å². The van der Waals surface area contributed by atoms with Gasteiger partial charge in [-0.25, -0.2) is 0 Å². The molecule has 4 aromatic carbocycles. The van der Waals surface area contributed by atoms with Crippen molar-refractivity contribution in [3.8, 4) is 22.3 Å². The first-order chi connectivity index (χ1) is 29.3. The molecule has 5 heterocycles. The Balaban J connectivity index is 0.000000164. The summed E-state index contributed by atoms with van der Waals surface area (Å²) in [5.41, 5.74) is 14.1. The zero-order chi connectivity index (χ0) is 41.8. The topological polar surface area (TPSA) is 176 Å². The molecule has 12 nitrogen and oxygen atoms in total. The number of nitrogens with two attached hydrogens (primary N) is 1. The van der Waals surface area contributed by atoms with Gasteiger partial charge in [-0.3, -0.25) is 19.6 Å². The molecule has 0 spiro atoms. The number of thiophene rings is 2. The van der Waals surface area contributed by atoms with Crippen LogP contribution in [-0.2, 0) is 14.4 Å². The van der Waals surface area contributed by atoms with Crippen LogP contribution in [0, 0.1) is 0 Å². The van der Waals surface area contributed by atoms with Gasteiger partial charge < -0.3 is 31.7 Å². The molecule has 0 unspecified atom stereocenters. The van der Waals surface area contributed by atoms with Gasteiger partial charge in [-0.15, -0.1) is 34.3 Å². The second-order valence-corrected chi connectivity index (χ2v) is 15.6. The number of alkyl halides is 1. The normalized spacial score (nSPS) is 12.2. The molecule has 1 amide bonds. The van der Waals surface area contributed by atoms with E-state index in [0.29, 0.717) is 10.7 Å². The third kappa shape index (κ3) is 10.4. The third-order valence-corrected chi connectivity index (χ3v) is 11.4. The summed E-state index contributed by atoms with van der Waals surface area (Å²) in [5, 5.41) is 27.0. The summed E-state index contributed by atoms with van der Waals surface area (Å²) in [4.78, 5) is 36.1. The quantitative estimate of drug-likeness (QED) is 0.0236. The number of oxime groups is 2. The van der Waals surface area contributed by atoms with Gasteiger partial charge in [0.05, 0.1) is 48.8 Å². The number of carbonyl (C=O) groups is 2. The van der Waals surface area contributed by atoms with Crippen molar-refractivity contribution in [3.05, 3.63) is 156 Å². The minimum absolute atomic E-state index is 0.0538. The summed E-state index contributed by atoms with van der Waals surface area (Å²) < 4.78 is 1.96. The minimum Gasteiger partial charge on any atom is -0.409 e. The van der Waals surface area contributed by atoms with Crippen molar-refractivity contribution in [3.63, 3.8) is 0 Å². The van der Waals surface area contributed by atoms with Crippen molar-refractivity contribution in [1.29, 1.82) is 0 Å². The van der Waals surface area contributed by atoms with E-state index in [9.17, 15) is 9.59 Å². The van der Waals surface area contributed by atoms with E-state index >= 15 is 0 Å². The predicted octanol–water partition coefficient (Wildman–Crippen LogP) is 10.3. The Labute approximate surface area is 362 Å². The molecule has 300 valence electrons. The van der Waals surface area contributed by atoms with Gasteiger partial charge in [-0.2, -0.15) is 0 Å². The Bertz CT molecular complexity index is 2800. The van der Waals surface area contributed by atoms with Crippen molar-refractivity contribution in [2.75, 3.05) is 23.1 Å². The number of rotatable bonds is 9. The van der Waals surface area contributed by atoms with E-state index in [2.05, 4.69) is 84.8 Å². The predicted molar refractivity (Wildman–Crippen MR) is 244 cm³/mol. The summed E-state index contributed by atoms with van der Waals surface area (Å²) in [6.07, 6.45) is 7.15. The average molecular weight is 874 g/mol. The van der Waals surface area contributed by atoms with Crippen LogP contribution in [0.15, 0.2) is 156 Å². The summed E-state index contributed by atoms with van der Waals surface area (Å²) in [7, 11) is 0. The minimum atomic E-state index is -0.508. The van der Waals surface area contributed by atoms with Crippen LogP contribution in [0.4, 0.5) is 22.7 Å². The van der Waals surface area contributed by atoms with Gasteiger partial charge in [0.15, 0.2) is 18.3 Å². The average Bonchev–Trinajstić information content (AvgIpc) is 3.95. The number of aromatic nitrogens is 2. The summed E-state index contributed by atoms with van der Waals surface area (Å²) in [6.45, 7) is -0.0538. The Kier molecular flexibility index (Phi) is 13.6. The Morgan fingerprint density at radius 2 is 1.23 bits per heavy atom. The monoisotopic (exact) mass is 872 g/mol. The first-order valence-electron chi connectivity index (χ1n) is 18.1. The standard InChI is InChI=1S/C22H16N4O2S.C20H16N4OS.C2H2Cl2O/c27-21-13-28-26-22(25-21)19-10-17-18(11-23-12-20(17)29-19)24-16-8-6-15(7-9-16)14-4-2-1-3-5-14;21-20(24-25)18-10-16-17(11-22-12-19(16)26-18)23-15-8-6-14(7-9-15)13-4-2-1-3-5-13;3-1-2(4)5/h1-12,24H,13H2,(H,25,26,27);1-12,23,25H,(H2,21,24);1H2. The van der Waals surface area contributed by atoms with Crippen molar-refractivity contribution < 1.29 is 19.6 Å². The molecular formula is C44H34Cl2N8O4S2. The number of halogens is 2. The highest BCUT2D eigenvalue weighted by Crippen LogP contribution is 2.34. The lowest BCUT2D eigenvalue weighted by Gasteiger charge is -2.11. The zero-order valence-electron chi connectivity index (χ0n) is 31.4. The number of nitrogens with one attached hydrogen (secondary N) is 3. The number of hydrogen-bond acceptors (Lipinski definition) is 12. The molecule has 0 saturated heterocycles. The molecule has 1 aliphatic heterocycles. The maximum atomic E-state index is 11.6. The van der Waals surface area contributed by atoms with Crippen LogP contribution in [0.2, 0.25) is 0 Å². The SMILES string of the molecule is N/C(=N\O)c1cc2c(Nc3ccc(-c4ccccc4)cc3)cncc2s1.O=C(Cl)CCl.O=C1CON=C(c2cc3c(Nc4ccc(-c5ccccc5)cc4)cncc3s2)N1. The van der Waals surface area contributed by atoms with Crippen LogP contribution in [0.5, 0.6) is 0 Å². The van der Waals surface area contributed by atoms with Gasteiger partial charge in [-0.05, 0) is 70.3 Å². The van der Waals surface area contributed by atoms with E-state index in [4.69, 9.17) is 39.0 Å². The molecule has 60 heavy (non-hydrogen) atoms. The number of nitrogens with zero attached hydrogens (tertiary/aromatic N) is 4. The first-order valence-corrected chi connectivity index (χ1v) is 20.6. The molecule has 0 aliphatic carbocycles. The third-order valence-electron chi connectivity index (χ3n) is 8.74. The molecule has 16 heteroatoms. The number of benzene rings is 4. The van der Waals surface area contributed by atoms with Crippen molar-refractivity contribution in [2.45, 2.75) is 0 Å². The van der Waals surface area contributed by atoms with Gasteiger partial charge in [0.2, 0.25) is 5.24 Å². The number of hydrogen-bond donors (Lipinski definition) is 5. The largest absolute Gasteiger partial charge is 0.409 e. The van der Waals surface area contributed by atoms with Gasteiger partial charge in [0, 0.05) is 34.5 Å². The first kappa shape index (κ1) is 41.3. The number of carbonyl (C=O) groups excluding carboxylic acids is 2. The summed E-state index contributed by atoms with van der Waals surface area (Å²) in [5.74, 6) is 0.231. The van der Waals surface area contributed by atoms with Gasteiger partial charge in [0.1, 0.15) is 0 Å². The molecule has 9 rings (SSSR count). The molecule has 6 N–H and O–H groups in total. The van der Waals surface area contributed by atoms with Crippen LogP contribution >= 0.6 is 45.9 Å². The number of fused-ring (bicyclic) bond motifs is 2. The van der Waals surface area contributed by atoms with E-state index in [1.165, 1.54) is 33.8 Å². The number of pyridine rings is 2. The maximum absolute atomic E-state index is 11.6. The lowest BCUT2D eigenvalue weighted by atomic mass is 10.1. The lowest BCUT2D eigenvalue weighted by Crippen LogP contribution is -2.37. The van der Waals surface area contributed by atoms with E-state index in [1.54, 1.807) is 24.8 Å². The highest BCUT2D eigenvalue weighted by molar-refractivity contribution is 7.21. The highest BCUT2D eigenvalue weighted by Gasteiger charge is 2.18. The fourth-order valence-electron chi connectivity index (χ4n) is 5.93. The van der Waals surface area contributed by atoms with Crippen molar-refractivity contribution >= 4 is 112 Å². The molecule has 0 radical (unpaired) electrons. The number of amides is 1. The van der Waals surface area contributed by atoms with E-state index in [1.807, 2.05) is 72.8 Å². The second kappa shape index (κ2) is 19.7. The molecule has 1 aliphatic rings. The smallest absolute Gasteiger partial charge is 0.266 e. The Hall–Kier alpha value is -6.84. The van der Waals surface area contributed by atoms with Gasteiger partial charge in [-0.1, -0.05) is 95.2 Å². The summed E-state index contributed by atoms with van der Waals surface area (Å²) in [6, 6.07) is 40.9. The Morgan fingerprint density at radius 1 is 0.750 bits per heavy atom. The molecule has 0 atom stereocenters. The second-order valence-electron chi connectivity index (χ2n) is 12.8. The fraction of sp³-hybridized carbons (Fsp3) is 0.0455. The van der Waals surface area contributed by atoms with Crippen LogP contribution in [0.25, 0.3) is 42.4 Å². The Morgan fingerprint density at radius 3 is 1.72 bits per heavy atom. The molecule has 0 fully saturated rings. The summed E-state index contributed by atoms with van der Waals surface area (Å²) >= 11 is 12.5. The molecule has 4 aromatic heterocycles. The van der Waals surface area contributed by atoms with Crippen LogP contribution in [0.1, 0.15) is 9.75 Å². The molecule has 0 bridgehead atoms. The van der Waals surface area contributed by atoms with E-state index in [-0.39, 0.29) is 24.2 Å². The van der Waals surface area contributed by atoms with Crippen molar-refractivity contribution in [1.82, 2.24) is 15.3 Å². The van der Waals surface area contributed by atoms with Gasteiger partial charge in [0.25, 0.3) is 5.91 Å². The number of amidine groups is 2. The van der Waals surface area contributed by atoms with Gasteiger partial charge >= 0.3 is 0 Å². The lowest BCUT2D eigenvalue weighted by molar-refractivity contribution is -0.125. The van der Waals surface area contributed by atoms with Crippen LogP contribution in [0.3, 0.4) is 0 Å². The number of anilines is 4. The van der Waals surface area contributed by atoms with Crippen LogP contribution in [-0.4, -0.2) is 50.5 Å². The van der Waals surface area contributed by atoms with E-state index < -0.39 is 5.24 Å². The molecule has 0 saturated carbocycles. The fourth-order valence-corrected chi connectivity index (χ4v) is 7.87.